The zero-order valence-corrected chi connectivity index (χ0v) is 15.8. The highest BCUT2D eigenvalue weighted by Crippen LogP contribution is 2.33. The van der Waals surface area contributed by atoms with Crippen LogP contribution < -0.4 is 10.2 Å². The van der Waals surface area contributed by atoms with E-state index in [1.165, 1.54) is 0 Å². The molecular formula is C20H25N7O. The van der Waals surface area contributed by atoms with Gasteiger partial charge in [0, 0.05) is 42.7 Å². The lowest BCUT2D eigenvalue weighted by Crippen LogP contribution is -2.37. The summed E-state index contributed by atoms with van der Waals surface area (Å²) >= 11 is 0. The second kappa shape index (κ2) is 7.71. The van der Waals surface area contributed by atoms with Crippen molar-refractivity contribution in [3.05, 3.63) is 36.5 Å². The van der Waals surface area contributed by atoms with E-state index >= 15 is 0 Å². The van der Waals surface area contributed by atoms with Crippen LogP contribution in [0.25, 0.3) is 10.9 Å². The minimum absolute atomic E-state index is 0.412. The van der Waals surface area contributed by atoms with Gasteiger partial charge in [-0.1, -0.05) is 0 Å². The van der Waals surface area contributed by atoms with Crippen LogP contribution in [0.15, 0.2) is 30.7 Å². The lowest BCUT2D eigenvalue weighted by molar-refractivity contribution is 0.122. The van der Waals surface area contributed by atoms with Crippen LogP contribution in [0.3, 0.4) is 0 Å². The zero-order valence-electron chi connectivity index (χ0n) is 15.8. The molecule has 0 unspecified atom stereocenters. The Morgan fingerprint density at radius 1 is 1.14 bits per heavy atom. The highest BCUT2D eigenvalue weighted by atomic mass is 16.5. The molecule has 2 aliphatic rings. The van der Waals surface area contributed by atoms with Gasteiger partial charge in [0.05, 0.1) is 18.7 Å². The molecule has 2 fully saturated rings. The van der Waals surface area contributed by atoms with Gasteiger partial charge in [0.25, 0.3) is 0 Å². The van der Waals surface area contributed by atoms with E-state index in [1.54, 1.807) is 6.33 Å². The van der Waals surface area contributed by atoms with Gasteiger partial charge in [-0.25, -0.2) is 4.98 Å². The molecule has 2 N–H and O–H groups in total. The molecule has 1 saturated carbocycles. The number of hydrogen-bond acceptors (Lipinski definition) is 7. The Balaban J connectivity index is 1.36. The van der Waals surface area contributed by atoms with Gasteiger partial charge in [0.15, 0.2) is 0 Å². The molecule has 28 heavy (non-hydrogen) atoms. The number of anilines is 2. The van der Waals surface area contributed by atoms with E-state index in [9.17, 15) is 0 Å². The van der Waals surface area contributed by atoms with E-state index in [0.717, 1.165) is 80.3 Å². The maximum Gasteiger partial charge on any atom is 0.138 e. The SMILES string of the molecule is c1cnc2cc(N3CCOCC3)nc(N[C@H]3CC[C@@H](c4nnc[nH]4)CC3)c2c1. The number of fused-ring (bicyclic) bond motifs is 1. The van der Waals surface area contributed by atoms with Crippen molar-refractivity contribution in [3.8, 4) is 0 Å². The predicted octanol–water partition coefficient (Wildman–Crippen LogP) is 2.72. The molecule has 0 bridgehead atoms. The summed E-state index contributed by atoms with van der Waals surface area (Å²) in [5.74, 6) is 3.41. The minimum atomic E-state index is 0.412. The number of aromatic amines is 1. The summed E-state index contributed by atoms with van der Waals surface area (Å²) in [6.45, 7) is 3.23. The fraction of sp³-hybridized carbons (Fsp3) is 0.500. The van der Waals surface area contributed by atoms with Crippen LogP contribution in [0.2, 0.25) is 0 Å². The summed E-state index contributed by atoms with van der Waals surface area (Å²) in [5, 5.41) is 12.9. The second-order valence-electron chi connectivity index (χ2n) is 7.57. The van der Waals surface area contributed by atoms with Crippen LogP contribution in [0.4, 0.5) is 11.6 Å². The highest BCUT2D eigenvalue weighted by Gasteiger charge is 2.25. The molecule has 1 saturated heterocycles. The first kappa shape index (κ1) is 17.4. The number of pyridine rings is 2. The van der Waals surface area contributed by atoms with Gasteiger partial charge in [-0.15, -0.1) is 10.2 Å². The molecule has 5 rings (SSSR count). The second-order valence-corrected chi connectivity index (χ2v) is 7.57. The van der Waals surface area contributed by atoms with E-state index < -0.39 is 0 Å². The van der Waals surface area contributed by atoms with Crippen molar-refractivity contribution >= 4 is 22.5 Å². The number of morpholine rings is 1. The lowest BCUT2D eigenvalue weighted by atomic mass is 9.85. The zero-order chi connectivity index (χ0) is 18.8. The fourth-order valence-electron chi connectivity index (χ4n) is 4.25. The van der Waals surface area contributed by atoms with Gasteiger partial charge < -0.3 is 19.9 Å². The van der Waals surface area contributed by atoms with E-state index in [2.05, 4.69) is 42.5 Å². The normalized spacial score (nSPS) is 23.1. The van der Waals surface area contributed by atoms with E-state index in [4.69, 9.17) is 9.72 Å². The number of rotatable bonds is 4. The van der Waals surface area contributed by atoms with E-state index in [1.807, 2.05) is 12.3 Å². The quantitative estimate of drug-likeness (QED) is 0.720. The summed E-state index contributed by atoms with van der Waals surface area (Å²) in [7, 11) is 0. The topological polar surface area (TPSA) is 91.8 Å². The third-order valence-corrected chi connectivity index (χ3v) is 5.81. The maximum absolute atomic E-state index is 5.49. The molecule has 0 atom stereocenters. The largest absolute Gasteiger partial charge is 0.378 e. The number of nitrogens with zero attached hydrogens (tertiary/aromatic N) is 5. The van der Waals surface area contributed by atoms with E-state index in [-0.39, 0.29) is 0 Å². The number of ether oxygens (including phenoxy) is 1. The van der Waals surface area contributed by atoms with Gasteiger partial charge in [-0.3, -0.25) is 4.98 Å². The van der Waals surface area contributed by atoms with Crippen LogP contribution in [0, 0.1) is 0 Å². The first-order valence-corrected chi connectivity index (χ1v) is 10.1. The average molecular weight is 379 g/mol. The summed E-state index contributed by atoms with van der Waals surface area (Å²) in [6, 6.07) is 6.58. The van der Waals surface area contributed by atoms with Crippen molar-refractivity contribution in [2.75, 3.05) is 36.5 Å². The Hall–Kier alpha value is -2.74. The molecule has 1 aliphatic carbocycles. The Morgan fingerprint density at radius 3 is 2.79 bits per heavy atom. The average Bonchev–Trinajstić information content (AvgIpc) is 3.30. The highest BCUT2D eigenvalue weighted by molar-refractivity contribution is 5.91. The van der Waals surface area contributed by atoms with Crippen LogP contribution in [0.5, 0.6) is 0 Å². The standard InChI is InChI=1S/C20H25N7O/c1-2-16-17(21-7-1)12-18(27-8-10-28-11-9-27)25-20(16)24-15-5-3-14(4-6-15)19-22-13-23-26-19/h1-2,7,12-15H,3-6,8-11H2,(H,24,25)(H,22,23,26)/t14-,15+. The third-order valence-electron chi connectivity index (χ3n) is 5.81. The van der Waals surface area contributed by atoms with Crippen LogP contribution >= 0.6 is 0 Å². The molecule has 0 spiro atoms. The number of aromatic nitrogens is 5. The summed E-state index contributed by atoms with van der Waals surface area (Å²) in [4.78, 5) is 15.0. The summed E-state index contributed by atoms with van der Waals surface area (Å²) in [5.41, 5.74) is 0.983. The number of nitrogens with one attached hydrogen (secondary N) is 2. The molecule has 8 nitrogen and oxygen atoms in total. The molecule has 0 amide bonds. The lowest BCUT2D eigenvalue weighted by Gasteiger charge is -2.30. The van der Waals surface area contributed by atoms with Crippen LogP contribution in [0.1, 0.15) is 37.4 Å². The molecule has 3 aromatic rings. The Morgan fingerprint density at radius 2 is 2.00 bits per heavy atom. The minimum Gasteiger partial charge on any atom is -0.378 e. The Bertz CT molecular complexity index is 915. The molecule has 146 valence electrons. The van der Waals surface area contributed by atoms with Crippen LogP contribution in [-0.2, 0) is 4.74 Å². The van der Waals surface area contributed by atoms with Crippen molar-refractivity contribution in [2.45, 2.75) is 37.6 Å². The Labute approximate surface area is 163 Å². The predicted molar refractivity (Wildman–Crippen MR) is 108 cm³/mol. The van der Waals surface area contributed by atoms with Crippen molar-refractivity contribution in [1.82, 2.24) is 25.1 Å². The molecule has 1 aliphatic heterocycles. The Kier molecular flexibility index (Phi) is 4.78. The first-order chi connectivity index (χ1) is 13.9. The first-order valence-electron chi connectivity index (χ1n) is 10.1. The molecule has 0 aromatic carbocycles. The molecule has 4 heterocycles. The fourth-order valence-corrected chi connectivity index (χ4v) is 4.25. The van der Waals surface area contributed by atoms with E-state index in [0.29, 0.717) is 12.0 Å². The van der Waals surface area contributed by atoms with Crippen molar-refractivity contribution in [2.24, 2.45) is 0 Å². The van der Waals surface area contributed by atoms with Crippen molar-refractivity contribution < 1.29 is 4.74 Å². The maximum atomic E-state index is 5.49. The van der Waals surface area contributed by atoms with Gasteiger partial charge in [-0.2, -0.15) is 0 Å². The molecule has 8 heteroatoms. The molecular weight excluding hydrogens is 354 g/mol. The summed E-state index contributed by atoms with van der Waals surface area (Å²) in [6.07, 6.45) is 7.91. The molecule has 3 aromatic heterocycles. The van der Waals surface area contributed by atoms with Gasteiger partial charge in [0.1, 0.15) is 23.8 Å². The monoisotopic (exact) mass is 379 g/mol. The summed E-state index contributed by atoms with van der Waals surface area (Å²) < 4.78 is 5.49. The smallest absolute Gasteiger partial charge is 0.138 e. The van der Waals surface area contributed by atoms with Gasteiger partial charge in [-0.05, 0) is 37.8 Å². The van der Waals surface area contributed by atoms with Crippen molar-refractivity contribution in [1.29, 1.82) is 0 Å². The van der Waals surface area contributed by atoms with Gasteiger partial charge >= 0.3 is 0 Å². The van der Waals surface area contributed by atoms with Crippen LogP contribution in [-0.4, -0.2) is 57.5 Å². The number of hydrogen-bond donors (Lipinski definition) is 2. The molecule has 0 radical (unpaired) electrons. The third kappa shape index (κ3) is 3.52. The van der Waals surface area contributed by atoms with Crippen molar-refractivity contribution in [3.63, 3.8) is 0 Å². The number of H-pyrrole nitrogens is 1. The van der Waals surface area contributed by atoms with Gasteiger partial charge in [0.2, 0.25) is 0 Å².